The molecule has 0 aromatic carbocycles. The van der Waals surface area contributed by atoms with Crippen LogP contribution in [0.3, 0.4) is 0 Å². The Morgan fingerprint density at radius 3 is 2.50 bits per heavy atom. The highest BCUT2D eigenvalue weighted by Crippen LogP contribution is 2.32. The van der Waals surface area contributed by atoms with E-state index in [1.165, 1.54) is 0 Å². The van der Waals surface area contributed by atoms with E-state index in [9.17, 15) is 8.42 Å². The molecule has 1 aliphatic carbocycles. The predicted octanol–water partition coefficient (Wildman–Crippen LogP) is 2.61. The smallest absolute Gasteiger partial charge is 0.150 e. The third-order valence-electron chi connectivity index (χ3n) is 2.88. The molecule has 0 radical (unpaired) electrons. The van der Waals surface area contributed by atoms with Gasteiger partial charge in [0.25, 0.3) is 0 Å². The van der Waals surface area contributed by atoms with Crippen molar-refractivity contribution in [1.29, 1.82) is 0 Å². The lowest BCUT2D eigenvalue weighted by Gasteiger charge is -2.12. The maximum absolute atomic E-state index is 11.5. The monoisotopic (exact) mass is 238 g/mol. The van der Waals surface area contributed by atoms with Crippen molar-refractivity contribution in [2.75, 3.05) is 11.5 Å². The van der Waals surface area contributed by atoms with Gasteiger partial charge in [0, 0.05) is 11.1 Å². The number of hydrogen-bond acceptors (Lipinski definition) is 2. The van der Waals surface area contributed by atoms with Crippen LogP contribution in [0.5, 0.6) is 0 Å². The van der Waals surface area contributed by atoms with Crippen LogP contribution in [0.1, 0.15) is 39.0 Å². The van der Waals surface area contributed by atoms with Crippen molar-refractivity contribution < 1.29 is 8.42 Å². The molecule has 0 spiro atoms. The summed E-state index contributed by atoms with van der Waals surface area (Å²) in [4.78, 5) is 0. The van der Waals surface area contributed by atoms with E-state index in [-0.39, 0.29) is 5.38 Å². The molecule has 0 saturated heterocycles. The first-order chi connectivity index (χ1) is 6.55. The third-order valence-corrected chi connectivity index (χ3v) is 5.34. The molecule has 14 heavy (non-hydrogen) atoms. The highest BCUT2D eigenvalue weighted by Gasteiger charge is 2.26. The first-order valence-corrected chi connectivity index (χ1v) is 7.65. The van der Waals surface area contributed by atoms with E-state index in [2.05, 4.69) is 0 Å². The van der Waals surface area contributed by atoms with Crippen molar-refractivity contribution in [3.05, 3.63) is 0 Å². The number of halogens is 1. The molecule has 1 rings (SSSR count). The molecular formula is C10H19ClO2S. The maximum atomic E-state index is 11.5. The van der Waals surface area contributed by atoms with Gasteiger partial charge in [-0.3, -0.25) is 0 Å². The van der Waals surface area contributed by atoms with Gasteiger partial charge in [-0.05, 0) is 31.6 Å². The summed E-state index contributed by atoms with van der Waals surface area (Å²) in [5.41, 5.74) is 0. The average Bonchev–Trinajstić information content (AvgIpc) is 2.48. The van der Waals surface area contributed by atoms with Crippen LogP contribution < -0.4 is 0 Å². The Hall–Kier alpha value is 0.240. The third kappa shape index (κ3) is 3.77. The van der Waals surface area contributed by atoms with Gasteiger partial charge in [0.15, 0.2) is 0 Å². The molecule has 2 atom stereocenters. The van der Waals surface area contributed by atoms with Crippen LogP contribution in [0.25, 0.3) is 0 Å². The molecule has 0 heterocycles. The molecule has 0 aromatic rings. The minimum absolute atomic E-state index is 0.215. The molecule has 2 unspecified atom stereocenters. The fraction of sp³-hybridized carbons (Fsp3) is 1.00. The maximum Gasteiger partial charge on any atom is 0.150 e. The second-order valence-corrected chi connectivity index (χ2v) is 7.01. The summed E-state index contributed by atoms with van der Waals surface area (Å²) in [5.74, 6) is 1.09. The van der Waals surface area contributed by atoms with Gasteiger partial charge in [-0.1, -0.05) is 13.3 Å². The van der Waals surface area contributed by atoms with Gasteiger partial charge in [0.05, 0.1) is 5.75 Å². The van der Waals surface area contributed by atoms with Gasteiger partial charge in [0.2, 0.25) is 0 Å². The van der Waals surface area contributed by atoms with Crippen LogP contribution in [0.15, 0.2) is 0 Å². The molecule has 4 heteroatoms. The Labute approximate surface area is 91.9 Å². The van der Waals surface area contributed by atoms with E-state index < -0.39 is 9.84 Å². The zero-order valence-corrected chi connectivity index (χ0v) is 10.3. The molecule has 1 fully saturated rings. The Balaban J connectivity index is 2.32. The molecule has 0 amide bonds. The van der Waals surface area contributed by atoms with Gasteiger partial charge in [-0.15, -0.1) is 11.6 Å². The van der Waals surface area contributed by atoms with E-state index in [4.69, 9.17) is 11.6 Å². The molecule has 1 saturated carbocycles. The SMILES string of the molecule is CCCS(=O)(=O)CCC1CCCC1Cl. The average molecular weight is 239 g/mol. The van der Waals surface area contributed by atoms with E-state index >= 15 is 0 Å². The van der Waals surface area contributed by atoms with Crippen LogP contribution in [0.2, 0.25) is 0 Å². The second kappa shape index (κ2) is 5.36. The van der Waals surface area contributed by atoms with Crippen LogP contribution in [-0.4, -0.2) is 25.3 Å². The lowest BCUT2D eigenvalue weighted by Crippen LogP contribution is -2.16. The van der Waals surface area contributed by atoms with Gasteiger partial charge < -0.3 is 0 Å². The summed E-state index contributed by atoms with van der Waals surface area (Å²) in [7, 11) is -2.80. The van der Waals surface area contributed by atoms with Crippen LogP contribution in [0, 0.1) is 5.92 Å². The van der Waals surface area contributed by atoms with Crippen molar-refractivity contribution in [3.8, 4) is 0 Å². The first kappa shape index (κ1) is 12.3. The normalized spacial score (nSPS) is 28.1. The van der Waals surface area contributed by atoms with Crippen LogP contribution in [0.4, 0.5) is 0 Å². The highest BCUT2D eigenvalue weighted by molar-refractivity contribution is 7.91. The molecule has 1 aliphatic rings. The molecule has 2 nitrogen and oxygen atoms in total. The summed E-state index contributed by atoms with van der Waals surface area (Å²) >= 11 is 6.09. The van der Waals surface area contributed by atoms with Crippen molar-refractivity contribution in [3.63, 3.8) is 0 Å². The summed E-state index contributed by atoms with van der Waals surface area (Å²) in [6, 6.07) is 0. The van der Waals surface area contributed by atoms with Gasteiger partial charge in [0.1, 0.15) is 9.84 Å². The standard InChI is InChI=1S/C10H19ClO2S/c1-2-7-14(12,13)8-6-9-4-3-5-10(9)11/h9-10H,2-8H2,1H3. The molecular weight excluding hydrogens is 220 g/mol. The predicted molar refractivity (Wildman–Crippen MR) is 60.5 cm³/mol. The molecule has 84 valence electrons. The Bertz CT molecular complexity index is 261. The number of sulfone groups is 1. The summed E-state index contributed by atoms with van der Waals surface area (Å²) in [6.45, 7) is 1.90. The lowest BCUT2D eigenvalue weighted by molar-refractivity contribution is 0.526. The topological polar surface area (TPSA) is 34.1 Å². The zero-order chi connectivity index (χ0) is 10.6. The fourth-order valence-electron chi connectivity index (χ4n) is 2.06. The van der Waals surface area contributed by atoms with E-state index in [1.54, 1.807) is 0 Å². The minimum atomic E-state index is -2.80. The van der Waals surface area contributed by atoms with Crippen molar-refractivity contribution >= 4 is 21.4 Å². The quantitative estimate of drug-likeness (QED) is 0.690. The fourth-order valence-corrected chi connectivity index (χ4v) is 3.96. The number of rotatable bonds is 5. The summed E-state index contributed by atoms with van der Waals surface area (Å²) in [6.07, 6.45) is 4.80. The molecule has 0 bridgehead atoms. The first-order valence-electron chi connectivity index (χ1n) is 5.39. The van der Waals surface area contributed by atoms with Gasteiger partial charge in [-0.2, -0.15) is 0 Å². The van der Waals surface area contributed by atoms with Gasteiger partial charge >= 0.3 is 0 Å². The van der Waals surface area contributed by atoms with E-state index in [0.717, 1.165) is 32.1 Å². The Morgan fingerprint density at radius 2 is 2.00 bits per heavy atom. The molecule has 0 aliphatic heterocycles. The largest absolute Gasteiger partial charge is 0.229 e. The number of alkyl halides is 1. The molecule has 0 N–H and O–H groups in total. The Kier molecular flexibility index (Phi) is 4.71. The van der Waals surface area contributed by atoms with Crippen molar-refractivity contribution in [2.24, 2.45) is 5.92 Å². The summed E-state index contributed by atoms with van der Waals surface area (Å²) in [5, 5.41) is 0.215. The van der Waals surface area contributed by atoms with Crippen molar-refractivity contribution in [2.45, 2.75) is 44.4 Å². The van der Waals surface area contributed by atoms with E-state index in [1.807, 2.05) is 6.92 Å². The van der Waals surface area contributed by atoms with Crippen LogP contribution in [-0.2, 0) is 9.84 Å². The van der Waals surface area contributed by atoms with Gasteiger partial charge in [-0.25, -0.2) is 8.42 Å². The highest BCUT2D eigenvalue weighted by atomic mass is 35.5. The van der Waals surface area contributed by atoms with E-state index in [0.29, 0.717) is 17.4 Å². The zero-order valence-electron chi connectivity index (χ0n) is 8.71. The lowest BCUT2D eigenvalue weighted by atomic mass is 10.1. The second-order valence-electron chi connectivity index (χ2n) is 4.15. The molecule has 0 aromatic heterocycles. The number of hydrogen-bond donors (Lipinski definition) is 0. The van der Waals surface area contributed by atoms with Crippen LogP contribution >= 0.6 is 11.6 Å². The Morgan fingerprint density at radius 1 is 1.29 bits per heavy atom. The summed E-state index contributed by atoms with van der Waals surface area (Å²) < 4.78 is 22.9. The van der Waals surface area contributed by atoms with Crippen molar-refractivity contribution in [1.82, 2.24) is 0 Å². The minimum Gasteiger partial charge on any atom is -0.229 e.